The molecule has 2 aliphatic rings. The smallest absolute Gasteiger partial charge is 0.228 e. The third kappa shape index (κ3) is 5.71. The number of aromatic nitrogens is 6. The summed E-state index contributed by atoms with van der Waals surface area (Å²) in [7, 11) is 2.02. The number of H-pyrrole nitrogens is 1. The summed E-state index contributed by atoms with van der Waals surface area (Å²) in [5, 5.41) is 9.57. The average molecular weight is 566 g/mol. The summed E-state index contributed by atoms with van der Waals surface area (Å²) in [5.41, 5.74) is 7.12. The molecule has 3 aromatic heterocycles. The van der Waals surface area contributed by atoms with Crippen LogP contribution in [0.1, 0.15) is 5.69 Å². The van der Waals surface area contributed by atoms with Crippen molar-refractivity contribution in [3.8, 4) is 22.5 Å². The van der Waals surface area contributed by atoms with Gasteiger partial charge in [-0.3, -0.25) is 9.58 Å². The van der Waals surface area contributed by atoms with E-state index in [-0.39, 0.29) is 0 Å². The molecule has 0 unspecified atom stereocenters. The van der Waals surface area contributed by atoms with Crippen LogP contribution >= 0.6 is 0 Å². The molecule has 42 heavy (non-hydrogen) atoms. The maximum Gasteiger partial charge on any atom is 0.228 e. The van der Waals surface area contributed by atoms with E-state index in [1.807, 2.05) is 36.1 Å². The van der Waals surface area contributed by atoms with Gasteiger partial charge < -0.3 is 24.7 Å². The summed E-state index contributed by atoms with van der Waals surface area (Å²) in [6.45, 7) is 7.43. The fraction of sp³-hybridized carbons (Fsp3) is 0.355. The minimum Gasteiger partial charge on any atom is -0.379 e. The van der Waals surface area contributed by atoms with Crippen molar-refractivity contribution >= 4 is 28.4 Å². The van der Waals surface area contributed by atoms with Gasteiger partial charge >= 0.3 is 0 Å². The van der Waals surface area contributed by atoms with Gasteiger partial charge in [0.15, 0.2) is 0 Å². The number of aromatic amines is 1. The van der Waals surface area contributed by atoms with Crippen LogP contribution in [0, 0.1) is 0 Å². The zero-order valence-electron chi connectivity index (χ0n) is 23.8. The second-order valence-electron chi connectivity index (χ2n) is 10.7. The number of aryl methyl sites for hydroxylation is 1. The Morgan fingerprint density at radius 3 is 2.40 bits per heavy atom. The fourth-order valence-corrected chi connectivity index (χ4v) is 5.61. The Labute approximate surface area is 244 Å². The number of anilines is 3. The molecule has 2 aromatic carbocycles. The molecule has 2 N–H and O–H groups in total. The van der Waals surface area contributed by atoms with Gasteiger partial charge in [0.25, 0.3) is 0 Å². The standard InChI is InChI=1S/C31H35N9O2/c1-38-29-18-23(4-7-25(29)26(37-38)8-9-39-10-14-41-15-11-39)27-19-30(36-31(35-27)40-12-16-42-17-13-40)34-24-5-2-22(3-6-24)28-20-32-21-33-28/h2-7,18-21H,8-17H2,1H3,(H,32,33)(H,34,35,36). The molecule has 5 aromatic rings. The van der Waals surface area contributed by atoms with Crippen LogP contribution in [0.25, 0.3) is 33.4 Å². The summed E-state index contributed by atoms with van der Waals surface area (Å²) >= 11 is 0. The lowest BCUT2D eigenvalue weighted by atomic mass is 10.1. The van der Waals surface area contributed by atoms with Gasteiger partial charge in [-0.2, -0.15) is 10.1 Å². The number of imidazole rings is 1. The SMILES string of the molecule is Cn1nc(CCN2CCOCC2)c2ccc(-c3cc(Nc4ccc(-c5cnc[nH]5)cc4)nc(N4CCOCC4)n3)cc21. The van der Waals surface area contributed by atoms with E-state index in [2.05, 4.69) is 55.4 Å². The number of nitrogens with one attached hydrogen (secondary N) is 2. The van der Waals surface area contributed by atoms with Gasteiger partial charge in [-0.15, -0.1) is 0 Å². The van der Waals surface area contributed by atoms with Crippen LogP contribution in [0.3, 0.4) is 0 Å². The Kier molecular flexibility index (Phi) is 7.52. The highest BCUT2D eigenvalue weighted by Gasteiger charge is 2.18. The van der Waals surface area contributed by atoms with Gasteiger partial charge in [-0.25, -0.2) is 9.97 Å². The molecule has 216 valence electrons. The van der Waals surface area contributed by atoms with E-state index in [9.17, 15) is 0 Å². The molecule has 7 rings (SSSR count). The molecule has 11 heteroatoms. The van der Waals surface area contributed by atoms with Crippen molar-refractivity contribution < 1.29 is 9.47 Å². The monoisotopic (exact) mass is 565 g/mol. The van der Waals surface area contributed by atoms with Gasteiger partial charge in [-0.1, -0.05) is 24.3 Å². The molecule has 0 amide bonds. The summed E-state index contributed by atoms with van der Waals surface area (Å²) in [6.07, 6.45) is 4.42. The third-order valence-corrected chi connectivity index (χ3v) is 7.97. The first kappa shape index (κ1) is 26.6. The first-order valence-electron chi connectivity index (χ1n) is 14.5. The van der Waals surface area contributed by atoms with Crippen LogP contribution in [0.15, 0.2) is 61.1 Å². The molecule has 0 saturated carbocycles. The van der Waals surface area contributed by atoms with Crippen molar-refractivity contribution in [1.82, 2.24) is 34.6 Å². The number of rotatable bonds is 8. The second-order valence-corrected chi connectivity index (χ2v) is 10.7. The fourth-order valence-electron chi connectivity index (χ4n) is 5.61. The number of fused-ring (bicyclic) bond motifs is 1. The summed E-state index contributed by atoms with van der Waals surface area (Å²) in [6, 6.07) is 16.8. The van der Waals surface area contributed by atoms with Gasteiger partial charge in [0.2, 0.25) is 5.95 Å². The number of benzene rings is 2. The van der Waals surface area contributed by atoms with Gasteiger partial charge in [-0.05, 0) is 23.8 Å². The largest absolute Gasteiger partial charge is 0.379 e. The zero-order chi connectivity index (χ0) is 28.3. The molecule has 0 aliphatic carbocycles. The predicted octanol–water partition coefficient (Wildman–Crippen LogP) is 3.88. The minimum atomic E-state index is 0.666. The minimum absolute atomic E-state index is 0.666. The Morgan fingerprint density at radius 2 is 1.64 bits per heavy atom. The van der Waals surface area contributed by atoms with Gasteiger partial charge in [0, 0.05) is 68.9 Å². The Bertz CT molecular complexity index is 1640. The Hall–Kier alpha value is -4.32. The Balaban J connectivity index is 1.18. The van der Waals surface area contributed by atoms with Crippen molar-refractivity contribution in [2.75, 3.05) is 69.4 Å². The number of nitrogens with zero attached hydrogens (tertiary/aromatic N) is 7. The molecular formula is C31H35N9O2. The summed E-state index contributed by atoms with van der Waals surface area (Å²) in [4.78, 5) is 21.8. The van der Waals surface area contributed by atoms with Crippen molar-refractivity contribution in [1.29, 1.82) is 0 Å². The van der Waals surface area contributed by atoms with Crippen LogP contribution < -0.4 is 10.2 Å². The molecule has 2 fully saturated rings. The third-order valence-electron chi connectivity index (χ3n) is 7.97. The average Bonchev–Trinajstić information content (AvgIpc) is 3.69. The Morgan fingerprint density at radius 1 is 0.881 bits per heavy atom. The predicted molar refractivity (Wildman–Crippen MR) is 163 cm³/mol. The van der Waals surface area contributed by atoms with E-state index in [4.69, 9.17) is 24.5 Å². The molecule has 11 nitrogen and oxygen atoms in total. The molecule has 0 spiro atoms. The second kappa shape index (κ2) is 11.9. The van der Waals surface area contributed by atoms with Crippen LogP contribution in [-0.2, 0) is 22.9 Å². The van der Waals surface area contributed by atoms with Gasteiger partial charge in [0.1, 0.15) is 5.82 Å². The topological polar surface area (TPSA) is 109 Å². The number of morpholine rings is 2. The maximum atomic E-state index is 5.59. The van der Waals surface area contributed by atoms with Gasteiger partial charge in [0.05, 0.1) is 61.6 Å². The molecule has 0 bridgehead atoms. The van der Waals surface area contributed by atoms with E-state index >= 15 is 0 Å². The normalized spacial score (nSPS) is 16.3. The van der Waals surface area contributed by atoms with Crippen LogP contribution in [0.5, 0.6) is 0 Å². The first-order valence-corrected chi connectivity index (χ1v) is 14.5. The van der Waals surface area contributed by atoms with E-state index < -0.39 is 0 Å². The lowest BCUT2D eigenvalue weighted by molar-refractivity contribution is 0.0383. The molecule has 0 atom stereocenters. The number of ether oxygens (including phenoxy) is 2. The van der Waals surface area contributed by atoms with E-state index in [0.717, 1.165) is 97.6 Å². The number of hydrogen-bond acceptors (Lipinski definition) is 9. The van der Waals surface area contributed by atoms with Crippen LogP contribution in [-0.4, -0.2) is 93.8 Å². The molecule has 0 radical (unpaired) electrons. The zero-order valence-corrected chi connectivity index (χ0v) is 23.8. The molecule has 2 saturated heterocycles. The van der Waals surface area contributed by atoms with Crippen molar-refractivity contribution in [3.63, 3.8) is 0 Å². The van der Waals surface area contributed by atoms with Crippen LogP contribution in [0.2, 0.25) is 0 Å². The van der Waals surface area contributed by atoms with Crippen molar-refractivity contribution in [2.24, 2.45) is 7.05 Å². The van der Waals surface area contributed by atoms with E-state index in [1.165, 1.54) is 5.39 Å². The lowest BCUT2D eigenvalue weighted by Crippen LogP contribution is -2.37. The highest BCUT2D eigenvalue weighted by Crippen LogP contribution is 2.30. The highest BCUT2D eigenvalue weighted by atomic mass is 16.5. The summed E-state index contributed by atoms with van der Waals surface area (Å²) in [5.74, 6) is 1.44. The highest BCUT2D eigenvalue weighted by molar-refractivity contribution is 5.87. The van der Waals surface area contributed by atoms with Crippen molar-refractivity contribution in [2.45, 2.75) is 6.42 Å². The summed E-state index contributed by atoms with van der Waals surface area (Å²) < 4.78 is 13.1. The van der Waals surface area contributed by atoms with Crippen molar-refractivity contribution in [3.05, 3.63) is 66.7 Å². The van der Waals surface area contributed by atoms with E-state index in [1.54, 1.807) is 6.33 Å². The lowest BCUT2D eigenvalue weighted by Gasteiger charge is -2.27. The quantitative estimate of drug-likeness (QED) is 0.290. The molecule has 2 aliphatic heterocycles. The van der Waals surface area contributed by atoms with Crippen LogP contribution in [0.4, 0.5) is 17.5 Å². The maximum absolute atomic E-state index is 5.59. The first-order chi connectivity index (χ1) is 20.7. The molecule has 5 heterocycles. The van der Waals surface area contributed by atoms with E-state index in [0.29, 0.717) is 19.2 Å². The molecular weight excluding hydrogens is 530 g/mol. The number of hydrogen-bond donors (Lipinski definition) is 2.